The van der Waals surface area contributed by atoms with Crippen molar-refractivity contribution in [2.75, 3.05) is 13.1 Å². The monoisotopic (exact) mass is 525 g/mol. The maximum absolute atomic E-state index is 13.6. The molecular formula is C30H27ClF3NO2. The first-order chi connectivity index (χ1) is 17.7. The van der Waals surface area contributed by atoms with Crippen molar-refractivity contribution < 1.29 is 23.1 Å². The molecule has 0 heterocycles. The maximum Gasteiger partial charge on any atom is 0.416 e. The van der Waals surface area contributed by atoms with E-state index in [9.17, 15) is 18.0 Å². The van der Waals surface area contributed by atoms with Gasteiger partial charge in [0.25, 0.3) is 0 Å². The summed E-state index contributed by atoms with van der Waals surface area (Å²) >= 11 is 6.05. The van der Waals surface area contributed by atoms with E-state index in [0.29, 0.717) is 5.56 Å². The van der Waals surface area contributed by atoms with E-state index in [2.05, 4.69) is 11.4 Å². The first kappa shape index (κ1) is 26.7. The number of hydrogen-bond acceptors (Lipinski definition) is 2. The lowest BCUT2D eigenvalue weighted by Crippen LogP contribution is -2.20. The zero-order valence-corrected chi connectivity index (χ0v) is 20.9. The number of fused-ring (bicyclic) bond motifs is 1. The second-order valence-corrected chi connectivity index (χ2v) is 9.44. The van der Waals surface area contributed by atoms with Crippen LogP contribution in [0.25, 0.3) is 21.9 Å². The van der Waals surface area contributed by atoms with Gasteiger partial charge >= 0.3 is 12.1 Å². The van der Waals surface area contributed by atoms with Crippen LogP contribution in [0.15, 0.2) is 78.9 Å². The molecule has 0 aliphatic carbocycles. The molecule has 2 N–H and O–H groups in total. The maximum atomic E-state index is 13.6. The topological polar surface area (TPSA) is 49.3 Å². The van der Waals surface area contributed by atoms with Gasteiger partial charge in [-0.2, -0.15) is 13.2 Å². The largest absolute Gasteiger partial charge is 0.481 e. The molecule has 0 aliphatic rings. The lowest BCUT2D eigenvalue weighted by Gasteiger charge is -2.16. The number of rotatable bonds is 10. The lowest BCUT2D eigenvalue weighted by atomic mass is 9.91. The van der Waals surface area contributed by atoms with Gasteiger partial charge in [-0.15, -0.1) is 0 Å². The minimum absolute atomic E-state index is 0.00966. The summed E-state index contributed by atoms with van der Waals surface area (Å²) in [6.45, 7) is 1.54. The third-order valence-corrected chi connectivity index (χ3v) is 6.56. The van der Waals surface area contributed by atoms with Crippen LogP contribution < -0.4 is 5.32 Å². The molecule has 0 aromatic heterocycles. The van der Waals surface area contributed by atoms with E-state index in [1.807, 2.05) is 54.6 Å². The molecule has 4 aromatic rings. The second kappa shape index (κ2) is 11.8. The summed E-state index contributed by atoms with van der Waals surface area (Å²) in [6, 6.07) is 23.7. The van der Waals surface area contributed by atoms with Crippen LogP contribution in [0, 0.1) is 0 Å². The molecular weight excluding hydrogens is 499 g/mol. The van der Waals surface area contributed by atoms with Crippen LogP contribution in [0.3, 0.4) is 0 Å². The van der Waals surface area contributed by atoms with Gasteiger partial charge in [-0.25, -0.2) is 0 Å². The van der Waals surface area contributed by atoms with Gasteiger partial charge in [0.2, 0.25) is 0 Å². The van der Waals surface area contributed by atoms with E-state index in [-0.39, 0.29) is 18.4 Å². The van der Waals surface area contributed by atoms with Crippen molar-refractivity contribution in [3.8, 4) is 11.1 Å². The van der Waals surface area contributed by atoms with Crippen LogP contribution in [0.4, 0.5) is 13.2 Å². The molecule has 0 radical (unpaired) electrons. The molecule has 3 nitrogen and oxygen atoms in total. The molecule has 0 saturated heterocycles. The minimum atomic E-state index is -4.55. The van der Waals surface area contributed by atoms with Crippen molar-refractivity contribution in [1.29, 1.82) is 0 Å². The molecule has 37 heavy (non-hydrogen) atoms. The SMILES string of the molecule is O=C(O)CCc1cc(-c2cc(CCNCCc3cccc(Cl)c3)cc3ccccc23)ccc1C(F)(F)F. The van der Waals surface area contributed by atoms with Crippen LogP contribution in [0.5, 0.6) is 0 Å². The van der Waals surface area contributed by atoms with Gasteiger partial charge in [0, 0.05) is 11.4 Å². The van der Waals surface area contributed by atoms with Crippen LogP contribution in [-0.2, 0) is 30.2 Å². The number of halogens is 4. The highest BCUT2D eigenvalue weighted by atomic mass is 35.5. The van der Waals surface area contributed by atoms with E-state index < -0.39 is 17.7 Å². The fourth-order valence-corrected chi connectivity index (χ4v) is 4.74. The van der Waals surface area contributed by atoms with Crippen molar-refractivity contribution in [2.45, 2.75) is 31.9 Å². The van der Waals surface area contributed by atoms with Gasteiger partial charge in [-0.1, -0.05) is 72.3 Å². The van der Waals surface area contributed by atoms with Crippen LogP contribution in [0.1, 0.15) is 28.7 Å². The molecule has 4 aromatic carbocycles. The van der Waals surface area contributed by atoms with Crippen molar-refractivity contribution in [3.05, 3.63) is 106 Å². The molecule has 0 saturated carbocycles. The molecule has 0 aliphatic heterocycles. The summed E-state index contributed by atoms with van der Waals surface area (Å²) < 4.78 is 40.8. The predicted molar refractivity (Wildman–Crippen MR) is 142 cm³/mol. The summed E-state index contributed by atoms with van der Waals surface area (Å²) in [7, 11) is 0. The Morgan fingerprint density at radius 2 is 1.59 bits per heavy atom. The number of carbonyl (C=O) groups is 1. The molecule has 0 atom stereocenters. The fourth-order valence-electron chi connectivity index (χ4n) is 4.53. The highest BCUT2D eigenvalue weighted by molar-refractivity contribution is 6.30. The third-order valence-electron chi connectivity index (χ3n) is 6.32. The molecule has 0 fully saturated rings. The van der Waals surface area contributed by atoms with Gasteiger partial charge in [-0.3, -0.25) is 4.79 Å². The Labute approximate surface area is 218 Å². The average Bonchev–Trinajstić information content (AvgIpc) is 2.86. The van der Waals surface area contributed by atoms with Crippen molar-refractivity contribution in [3.63, 3.8) is 0 Å². The Bertz CT molecular complexity index is 1400. The van der Waals surface area contributed by atoms with Crippen LogP contribution in [0.2, 0.25) is 5.02 Å². The quantitative estimate of drug-likeness (QED) is 0.210. The third kappa shape index (κ3) is 7.12. The van der Waals surface area contributed by atoms with Crippen molar-refractivity contribution in [2.24, 2.45) is 0 Å². The standard InChI is InChI=1S/C30H27ClF3NO2/c31-25-6-3-4-20(17-25)12-14-35-15-13-21-16-22-5-1-2-7-26(22)27(18-21)23-8-10-28(30(32,33)34)24(19-23)9-11-29(36)37/h1-8,10,16-19,35H,9,11-15H2,(H,36,37). The Hall–Kier alpha value is -3.35. The molecule has 192 valence electrons. The van der Waals surface area contributed by atoms with Gasteiger partial charge in [-0.05, 0) is 89.1 Å². The summed E-state index contributed by atoms with van der Waals surface area (Å²) in [5, 5.41) is 15.1. The number of carboxylic acids is 1. The van der Waals surface area contributed by atoms with Crippen molar-refractivity contribution in [1.82, 2.24) is 5.32 Å². The van der Waals surface area contributed by atoms with E-state index in [1.165, 1.54) is 12.1 Å². The van der Waals surface area contributed by atoms with E-state index in [4.69, 9.17) is 16.7 Å². The van der Waals surface area contributed by atoms with Gasteiger partial charge < -0.3 is 10.4 Å². The predicted octanol–water partition coefficient (Wildman–Crippen LogP) is 7.57. The first-order valence-electron chi connectivity index (χ1n) is 12.1. The smallest absolute Gasteiger partial charge is 0.416 e. The minimum Gasteiger partial charge on any atom is -0.481 e. The number of hydrogen-bond donors (Lipinski definition) is 2. The summed E-state index contributed by atoms with van der Waals surface area (Å²) in [6.07, 6.45) is -3.50. The van der Waals surface area contributed by atoms with Gasteiger partial charge in [0.05, 0.1) is 5.56 Å². The molecule has 0 unspecified atom stereocenters. The van der Waals surface area contributed by atoms with Gasteiger partial charge in [0.1, 0.15) is 0 Å². The average molecular weight is 526 g/mol. The Balaban J connectivity index is 1.57. The van der Waals surface area contributed by atoms with Crippen molar-refractivity contribution >= 4 is 28.3 Å². The van der Waals surface area contributed by atoms with E-state index in [1.54, 1.807) is 0 Å². The van der Waals surface area contributed by atoms with E-state index >= 15 is 0 Å². The highest BCUT2D eigenvalue weighted by Gasteiger charge is 2.33. The molecule has 7 heteroatoms. The number of aliphatic carboxylic acids is 1. The highest BCUT2D eigenvalue weighted by Crippen LogP contribution is 2.37. The summed E-state index contributed by atoms with van der Waals surface area (Å²) in [5.41, 5.74) is 2.90. The Morgan fingerprint density at radius 3 is 2.32 bits per heavy atom. The second-order valence-electron chi connectivity index (χ2n) is 9.01. The van der Waals surface area contributed by atoms with Crippen LogP contribution >= 0.6 is 11.6 Å². The molecule has 0 spiro atoms. The fraction of sp³-hybridized carbons (Fsp3) is 0.233. The number of alkyl halides is 3. The number of nitrogens with one attached hydrogen (secondary N) is 1. The zero-order chi connectivity index (χ0) is 26.4. The number of benzene rings is 4. The lowest BCUT2D eigenvalue weighted by molar-refractivity contribution is -0.140. The van der Waals surface area contributed by atoms with E-state index in [0.717, 1.165) is 64.5 Å². The van der Waals surface area contributed by atoms with Crippen LogP contribution in [-0.4, -0.2) is 24.2 Å². The molecule has 0 bridgehead atoms. The first-order valence-corrected chi connectivity index (χ1v) is 12.5. The Kier molecular flexibility index (Phi) is 8.52. The summed E-state index contributed by atoms with van der Waals surface area (Å²) in [5.74, 6) is -1.13. The zero-order valence-electron chi connectivity index (χ0n) is 20.1. The van der Waals surface area contributed by atoms with Gasteiger partial charge in [0.15, 0.2) is 0 Å². The normalized spacial score (nSPS) is 11.7. The molecule has 0 amide bonds. The summed E-state index contributed by atoms with van der Waals surface area (Å²) in [4.78, 5) is 11.1. The molecule has 4 rings (SSSR count). The number of aryl methyl sites for hydroxylation is 1. The Morgan fingerprint density at radius 1 is 0.838 bits per heavy atom. The number of carboxylic acid groups (broad SMARTS) is 1.